The summed E-state index contributed by atoms with van der Waals surface area (Å²) in [5.41, 5.74) is 8.67. The molecule has 3 aromatic rings. The van der Waals surface area contributed by atoms with Crippen molar-refractivity contribution >= 4 is 22.1 Å². The van der Waals surface area contributed by atoms with Crippen molar-refractivity contribution in [3.05, 3.63) is 66.5 Å². The van der Waals surface area contributed by atoms with Gasteiger partial charge in [-0.25, -0.2) is 0 Å². The molecule has 0 aliphatic carbocycles. The molecule has 0 amide bonds. The quantitative estimate of drug-likeness (QED) is 0.787. The molecule has 1 aromatic heterocycles. The second-order valence-corrected chi connectivity index (χ2v) is 5.10. The van der Waals surface area contributed by atoms with Gasteiger partial charge in [-0.05, 0) is 30.5 Å². The van der Waals surface area contributed by atoms with E-state index in [4.69, 9.17) is 5.73 Å². The maximum Gasteiger partial charge on any atom is 0.0602 e. The number of rotatable bonds is 4. The molecular formula is C18H19N3. The first kappa shape index (κ1) is 13.4. The van der Waals surface area contributed by atoms with E-state index in [0.717, 1.165) is 18.8 Å². The molecule has 0 radical (unpaired) electrons. The summed E-state index contributed by atoms with van der Waals surface area (Å²) in [6.07, 6.45) is 1.71. The van der Waals surface area contributed by atoms with Crippen molar-refractivity contribution in [2.75, 3.05) is 17.2 Å². The summed E-state index contributed by atoms with van der Waals surface area (Å²) >= 11 is 0. The molecule has 1 heterocycles. The zero-order valence-corrected chi connectivity index (χ0v) is 12.2. The smallest absolute Gasteiger partial charge is 0.0602 e. The number of nitrogen functional groups attached to an aromatic ring is 1. The van der Waals surface area contributed by atoms with Gasteiger partial charge in [0.2, 0.25) is 0 Å². The lowest BCUT2D eigenvalue weighted by Gasteiger charge is -2.24. The van der Waals surface area contributed by atoms with Crippen LogP contribution in [0.1, 0.15) is 12.6 Å². The molecule has 0 saturated carbocycles. The molecule has 3 nitrogen and oxygen atoms in total. The van der Waals surface area contributed by atoms with E-state index in [1.807, 2.05) is 12.1 Å². The van der Waals surface area contributed by atoms with Crippen molar-refractivity contribution in [1.82, 2.24) is 4.98 Å². The highest BCUT2D eigenvalue weighted by molar-refractivity contribution is 5.94. The average molecular weight is 277 g/mol. The molecule has 2 aromatic carbocycles. The Balaban J connectivity index is 1.96. The van der Waals surface area contributed by atoms with Crippen LogP contribution >= 0.6 is 0 Å². The first-order valence-electron chi connectivity index (χ1n) is 7.21. The van der Waals surface area contributed by atoms with E-state index >= 15 is 0 Å². The monoisotopic (exact) mass is 277 g/mol. The highest BCUT2D eigenvalue weighted by atomic mass is 15.1. The van der Waals surface area contributed by atoms with Gasteiger partial charge in [0.15, 0.2) is 0 Å². The first-order valence-corrected chi connectivity index (χ1v) is 7.21. The van der Waals surface area contributed by atoms with Gasteiger partial charge in [0.25, 0.3) is 0 Å². The third kappa shape index (κ3) is 2.82. The fraction of sp³-hybridized carbons (Fsp3) is 0.167. The number of aromatic nitrogens is 1. The summed E-state index contributed by atoms with van der Waals surface area (Å²) < 4.78 is 0. The van der Waals surface area contributed by atoms with E-state index in [9.17, 15) is 0 Å². The number of hydrogen-bond donors (Lipinski definition) is 1. The lowest BCUT2D eigenvalue weighted by molar-refractivity contribution is 0.813. The second-order valence-electron chi connectivity index (χ2n) is 5.10. The van der Waals surface area contributed by atoms with Crippen LogP contribution in [0.2, 0.25) is 0 Å². The summed E-state index contributed by atoms with van der Waals surface area (Å²) in [6, 6.07) is 18.8. The second kappa shape index (κ2) is 5.83. The normalized spacial score (nSPS) is 10.7. The van der Waals surface area contributed by atoms with Crippen LogP contribution in [0.25, 0.3) is 10.8 Å². The van der Waals surface area contributed by atoms with E-state index < -0.39 is 0 Å². The Labute approximate surface area is 125 Å². The van der Waals surface area contributed by atoms with Gasteiger partial charge in [-0.1, -0.05) is 36.4 Å². The van der Waals surface area contributed by atoms with Crippen LogP contribution in [0.15, 0.2) is 60.8 Å². The lowest BCUT2D eigenvalue weighted by Crippen LogP contribution is -2.22. The van der Waals surface area contributed by atoms with Gasteiger partial charge in [0, 0.05) is 17.6 Å². The summed E-state index contributed by atoms with van der Waals surface area (Å²) in [5, 5.41) is 2.54. The van der Waals surface area contributed by atoms with Gasteiger partial charge in [0.05, 0.1) is 24.1 Å². The van der Waals surface area contributed by atoms with E-state index in [0.29, 0.717) is 5.69 Å². The van der Waals surface area contributed by atoms with Crippen LogP contribution in [0.5, 0.6) is 0 Å². The Morgan fingerprint density at radius 2 is 1.81 bits per heavy atom. The zero-order chi connectivity index (χ0) is 14.7. The molecule has 0 fully saturated rings. The molecule has 3 heteroatoms. The summed E-state index contributed by atoms with van der Waals surface area (Å²) in [7, 11) is 0. The molecule has 0 atom stereocenters. The van der Waals surface area contributed by atoms with Crippen LogP contribution in [-0.2, 0) is 6.54 Å². The minimum absolute atomic E-state index is 0.701. The molecule has 0 aliphatic rings. The molecule has 21 heavy (non-hydrogen) atoms. The largest absolute Gasteiger partial charge is 0.397 e. The SMILES string of the molecule is CCN(Cc1ccc(N)cn1)c1cccc2ccccc12. The highest BCUT2D eigenvalue weighted by Crippen LogP contribution is 2.27. The number of hydrogen-bond acceptors (Lipinski definition) is 3. The fourth-order valence-electron chi connectivity index (χ4n) is 2.58. The van der Waals surface area contributed by atoms with Gasteiger partial charge < -0.3 is 10.6 Å². The third-order valence-electron chi connectivity index (χ3n) is 3.69. The highest BCUT2D eigenvalue weighted by Gasteiger charge is 2.09. The molecule has 0 saturated heterocycles. The fourth-order valence-corrected chi connectivity index (χ4v) is 2.58. The van der Waals surface area contributed by atoms with Crippen LogP contribution in [-0.4, -0.2) is 11.5 Å². The maximum absolute atomic E-state index is 5.70. The summed E-state index contributed by atoms with van der Waals surface area (Å²) in [5.74, 6) is 0. The molecular weight excluding hydrogens is 258 g/mol. The number of fused-ring (bicyclic) bond motifs is 1. The summed E-state index contributed by atoms with van der Waals surface area (Å²) in [6.45, 7) is 3.88. The Bertz CT molecular complexity index is 730. The van der Waals surface area contributed by atoms with Gasteiger partial charge in [0.1, 0.15) is 0 Å². The Kier molecular flexibility index (Phi) is 3.73. The van der Waals surface area contributed by atoms with Crippen molar-refractivity contribution in [2.24, 2.45) is 0 Å². The van der Waals surface area contributed by atoms with Gasteiger partial charge in [-0.3, -0.25) is 4.98 Å². The Hall–Kier alpha value is -2.55. The molecule has 0 aliphatic heterocycles. The number of pyridine rings is 1. The van der Waals surface area contributed by atoms with Gasteiger partial charge in [-0.15, -0.1) is 0 Å². The molecule has 0 bridgehead atoms. The first-order chi connectivity index (χ1) is 10.3. The van der Waals surface area contributed by atoms with Crippen molar-refractivity contribution in [3.8, 4) is 0 Å². The number of anilines is 2. The predicted molar refractivity (Wildman–Crippen MR) is 89.3 cm³/mol. The third-order valence-corrected chi connectivity index (χ3v) is 3.69. The minimum Gasteiger partial charge on any atom is -0.397 e. The number of nitrogens with two attached hydrogens (primary N) is 1. The summed E-state index contributed by atoms with van der Waals surface area (Å²) in [4.78, 5) is 6.74. The van der Waals surface area contributed by atoms with Crippen molar-refractivity contribution < 1.29 is 0 Å². The van der Waals surface area contributed by atoms with E-state index in [1.165, 1.54) is 16.5 Å². The predicted octanol–water partition coefficient (Wildman–Crippen LogP) is 3.84. The Morgan fingerprint density at radius 1 is 1.00 bits per heavy atom. The number of nitrogens with zero attached hydrogens (tertiary/aromatic N) is 2. The molecule has 3 rings (SSSR count). The molecule has 106 valence electrons. The van der Waals surface area contributed by atoms with Crippen molar-refractivity contribution in [3.63, 3.8) is 0 Å². The van der Waals surface area contributed by atoms with Gasteiger partial charge in [-0.2, -0.15) is 0 Å². The van der Waals surface area contributed by atoms with Crippen LogP contribution in [0, 0.1) is 0 Å². The maximum atomic E-state index is 5.70. The van der Waals surface area contributed by atoms with E-state index in [1.54, 1.807) is 6.20 Å². The molecule has 2 N–H and O–H groups in total. The lowest BCUT2D eigenvalue weighted by atomic mass is 10.1. The topological polar surface area (TPSA) is 42.1 Å². The van der Waals surface area contributed by atoms with E-state index in [-0.39, 0.29) is 0 Å². The molecule has 0 spiro atoms. The van der Waals surface area contributed by atoms with Crippen LogP contribution < -0.4 is 10.6 Å². The van der Waals surface area contributed by atoms with E-state index in [2.05, 4.69) is 59.3 Å². The van der Waals surface area contributed by atoms with Crippen LogP contribution in [0.3, 0.4) is 0 Å². The minimum atomic E-state index is 0.701. The van der Waals surface area contributed by atoms with Crippen LogP contribution in [0.4, 0.5) is 11.4 Å². The number of benzene rings is 2. The van der Waals surface area contributed by atoms with Crippen molar-refractivity contribution in [1.29, 1.82) is 0 Å². The zero-order valence-electron chi connectivity index (χ0n) is 12.2. The molecule has 0 unspecified atom stereocenters. The van der Waals surface area contributed by atoms with Crippen molar-refractivity contribution in [2.45, 2.75) is 13.5 Å². The standard InChI is InChI=1S/C18H19N3/c1-2-21(13-16-11-10-15(19)12-20-16)18-9-5-7-14-6-3-4-8-17(14)18/h3-12H,2,13,19H2,1H3. The Morgan fingerprint density at radius 3 is 2.57 bits per heavy atom. The average Bonchev–Trinajstić information content (AvgIpc) is 2.54. The van der Waals surface area contributed by atoms with Gasteiger partial charge >= 0.3 is 0 Å².